The number of nitrogens with zero attached hydrogens (tertiary/aromatic N) is 3. The Balaban J connectivity index is 1.87. The number of aromatic nitrogens is 3. The summed E-state index contributed by atoms with van der Waals surface area (Å²) in [6, 6.07) is 7.37. The van der Waals surface area contributed by atoms with Crippen LogP contribution in [0.5, 0.6) is 5.75 Å². The summed E-state index contributed by atoms with van der Waals surface area (Å²) in [6.07, 6.45) is 2.19. The first-order valence-electron chi connectivity index (χ1n) is 6.58. The molecule has 5 nitrogen and oxygen atoms in total. The molecule has 0 spiro atoms. The predicted molar refractivity (Wildman–Crippen MR) is 79.0 cm³/mol. The van der Waals surface area contributed by atoms with Gasteiger partial charge < -0.3 is 10.5 Å². The Kier molecular flexibility index (Phi) is 4.98. The molecule has 0 aliphatic carbocycles. The fourth-order valence-electron chi connectivity index (χ4n) is 1.88. The number of nitrogens with two attached hydrogens (primary N) is 1. The summed E-state index contributed by atoms with van der Waals surface area (Å²) in [5.41, 5.74) is 6.08. The summed E-state index contributed by atoms with van der Waals surface area (Å²) in [7, 11) is 0. The molecule has 2 aromatic rings. The summed E-state index contributed by atoms with van der Waals surface area (Å²) in [5, 5.41) is 4.88. The van der Waals surface area contributed by atoms with E-state index in [-0.39, 0.29) is 12.1 Å². The van der Waals surface area contributed by atoms with Crippen molar-refractivity contribution in [1.29, 1.82) is 0 Å². The monoisotopic (exact) mass is 294 g/mol. The number of halogens is 1. The van der Waals surface area contributed by atoms with E-state index < -0.39 is 0 Å². The van der Waals surface area contributed by atoms with Crippen LogP contribution in [-0.4, -0.2) is 27.4 Å². The van der Waals surface area contributed by atoms with Crippen LogP contribution in [0.15, 0.2) is 30.6 Å². The van der Waals surface area contributed by atoms with Gasteiger partial charge in [0, 0.05) is 23.5 Å². The lowest BCUT2D eigenvalue weighted by molar-refractivity contribution is 0.284. The van der Waals surface area contributed by atoms with Crippen molar-refractivity contribution in [3.8, 4) is 5.75 Å². The molecule has 1 aromatic heterocycles. The number of rotatable bonds is 6. The second-order valence-corrected chi connectivity index (χ2v) is 5.38. The minimum Gasteiger partial charge on any atom is -0.492 e. The third-order valence-corrected chi connectivity index (χ3v) is 3.11. The maximum atomic E-state index is 6.08. The Morgan fingerprint density at radius 1 is 1.30 bits per heavy atom. The zero-order valence-corrected chi connectivity index (χ0v) is 12.4. The molecule has 0 saturated heterocycles. The quantitative estimate of drug-likeness (QED) is 0.889. The second kappa shape index (κ2) is 6.72. The number of benzene rings is 1. The Morgan fingerprint density at radius 3 is 2.65 bits per heavy atom. The summed E-state index contributed by atoms with van der Waals surface area (Å²) in [6.45, 7) is 4.55. The van der Waals surface area contributed by atoms with Crippen molar-refractivity contribution in [2.45, 2.75) is 32.4 Å². The number of hydrogen-bond acceptors (Lipinski definition) is 4. The van der Waals surface area contributed by atoms with Crippen molar-refractivity contribution in [1.82, 2.24) is 14.8 Å². The molecule has 1 atom stereocenters. The minimum absolute atomic E-state index is 0.132. The van der Waals surface area contributed by atoms with Gasteiger partial charge >= 0.3 is 0 Å². The molecule has 0 saturated carbocycles. The first kappa shape index (κ1) is 14.8. The van der Waals surface area contributed by atoms with E-state index in [0.717, 1.165) is 11.6 Å². The molecule has 1 aromatic carbocycles. The summed E-state index contributed by atoms with van der Waals surface area (Å²) < 4.78 is 7.51. The van der Waals surface area contributed by atoms with Gasteiger partial charge in [-0.15, -0.1) is 0 Å². The largest absolute Gasteiger partial charge is 0.492 e. The van der Waals surface area contributed by atoms with E-state index >= 15 is 0 Å². The molecular formula is C14H19ClN4O. The van der Waals surface area contributed by atoms with Crippen molar-refractivity contribution in [3.05, 3.63) is 41.4 Å². The van der Waals surface area contributed by atoms with E-state index in [1.807, 2.05) is 16.8 Å². The van der Waals surface area contributed by atoms with Gasteiger partial charge in [-0.25, -0.2) is 9.67 Å². The minimum atomic E-state index is -0.132. The molecular weight excluding hydrogens is 276 g/mol. The van der Waals surface area contributed by atoms with Gasteiger partial charge in [-0.05, 0) is 38.1 Å². The Labute approximate surface area is 123 Å². The molecule has 20 heavy (non-hydrogen) atoms. The van der Waals surface area contributed by atoms with Crippen molar-refractivity contribution in [2.24, 2.45) is 5.73 Å². The van der Waals surface area contributed by atoms with Gasteiger partial charge in [-0.3, -0.25) is 0 Å². The van der Waals surface area contributed by atoms with E-state index in [4.69, 9.17) is 22.1 Å². The van der Waals surface area contributed by atoms with E-state index in [1.54, 1.807) is 18.5 Å². The lowest BCUT2D eigenvalue weighted by Gasteiger charge is -2.15. The zero-order chi connectivity index (χ0) is 14.5. The molecule has 0 bridgehead atoms. The molecule has 2 rings (SSSR count). The van der Waals surface area contributed by atoms with Crippen LogP contribution in [0.25, 0.3) is 0 Å². The van der Waals surface area contributed by atoms with Crippen LogP contribution in [-0.2, 0) is 6.42 Å². The lowest BCUT2D eigenvalue weighted by Crippen LogP contribution is -2.31. The maximum Gasteiger partial charge on any atom is 0.138 e. The molecule has 6 heteroatoms. The molecule has 2 N–H and O–H groups in total. The summed E-state index contributed by atoms with van der Waals surface area (Å²) in [4.78, 5) is 4.24. The number of hydrogen-bond donors (Lipinski definition) is 1. The second-order valence-electron chi connectivity index (χ2n) is 4.94. The lowest BCUT2D eigenvalue weighted by atomic mass is 10.2. The van der Waals surface area contributed by atoms with Gasteiger partial charge in [-0.1, -0.05) is 11.6 Å². The Hall–Kier alpha value is -1.59. The van der Waals surface area contributed by atoms with Crippen LogP contribution in [0.2, 0.25) is 5.02 Å². The fourth-order valence-corrected chi connectivity index (χ4v) is 2.01. The van der Waals surface area contributed by atoms with Crippen molar-refractivity contribution in [2.75, 3.05) is 6.61 Å². The van der Waals surface area contributed by atoms with Gasteiger partial charge in [0.1, 0.15) is 24.5 Å². The fraction of sp³-hybridized carbons (Fsp3) is 0.429. The van der Waals surface area contributed by atoms with Crippen molar-refractivity contribution >= 4 is 11.6 Å². The summed E-state index contributed by atoms with van der Waals surface area (Å²) >= 11 is 5.82. The SMILES string of the molecule is CC(C)n1ncnc1CC(N)COc1ccc(Cl)cc1. The van der Waals surface area contributed by atoms with Crippen LogP contribution in [0.4, 0.5) is 0 Å². The van der Waals surface area contributed by atoms with E-state index in [0.29, 0.717) is 18.1 Å². The molecule has 0 radical (unpaired) electrons. The highest BCUT2D eigenvalue weighted by Crippen LogP contribution is 2.16. The average molecular weight is 295 g/mol. The molecule has 1 unspecified atom stereocenters. The van der Waals surface area contributed by atoms with Crippen LogP contribution >= 0.6 is 11.6 Å². The Morgan fingerprint density at radius 2 is 2.00 bits per heavy atom. The highest BCUT2D eigenvalue weighted by Gasteiger charge is 2.12. The number of ether oxygens (including phenoxy) is 1. The average Bonchev–Trinajstić information content (AvgIpc) is 2.86. The first-order chi connectivity index (χ1) is 9.56. The normalized spacial score (nSPS) is 12.7. The summed E-state index contributed by atoms with van der Waals surface area (Å²) in [5.74, 6) is 1.64. The van der Waals surface area contributed by atoms with Crippen molar-refractivity contribution < 1.29 is 4.74 Å². The van der Waals surface area contributed by atoms with Crippen LogP contribution in [0.3, 0.4) is 0 Å². The van der Waals surface area contributed by atoms with E-state index in [2.05, 4.69) is 23.9 Å². The van der Waals surface area contributed by atoms with E-state index in [1.165, 1.54) is 0 Å². The third-order valence-electron chi connectivity index (χ3n) is 2.86. The molecule has 108 valence electrons. The first-order valence-corrected chi connectivity index (χ1v) is 6.96. The zero-order valence-electron chi connectivity index (χ0n) is 11.7. The predicted octanol–water partition coefficient (Wildman–Crippen LogP) is 2.46. The highest BCUT2D eigenvalue weighted by atomic mass is 35.5. The van der Waals surface area contributed by atoms with Crippen LogP contribution in [0, 0.1) is 0 Å². The van der Waals surface area contributed by atoms with Gasteiger partial charge in [0.2, 0.25) is 0 Å². The van der Waals surface area contributed by atoms with Gasteiger partial charge in [0.15, 0.2) is 0 Å². The molecule has 0 amide bonds. The standard InChI is InChI=1S/C14H19ClN4O/c1-10(2)19-14(17-9-18-19)7-12(16)8-20-13-5-3-11(15)4-6-13/h3-6,9-10,12H,7-8,16H2,1-2H3. The van der Waals surface area contributed by atoms with Gasteiger partial charge in [-0.2, -0.15) is 5.10 Å². The highest BCUT2D eigenvalue weighted by molar-refractivity contribution is 6.30. The van der Waals surface area contributed by atoms with Gasteiger partial charge in [0.05, 0.1) is 0 Å². The van der Waals surface area contributed by atoms with E-state index in [9.17, 15) is 0 Å². The molecule has 1 heterocycles. The molecule has 0 fully saturated rings. The Bertz CT molecular complexity index is 538. The third kappa shape index (κ3) is 3.95. The van der Waals surface area contributed by atoms with Crippen LogP contribution < -0.4 is 10.5 Å². The van der Waals surface area contributed by atoms with Gasteiger partial charge in [0.25, 0.3) is 0 Å². The maximum absolute atomic E-state index is 6.08. The topological polar surface area (TPSA) is 66.0 Å². The van der Waals surface area contributed by atoms with Crippen LogP contribution in [0.1, 0.15) is 25.7 Å². The molecule has 0 aliphatic heterocycles. The molecule has 0 aliphatic rings. The van der Waals surface area contributed by atoms with Crippen molar-refractivity contribution in [3.63, 3.8) is 0 Å². The smallest absolute Gasteiger partial charge is 0.138 e.